The van der Waals surface area contributed by atoms with Crippen LogP contribution in [0.2, 0.25) is 0 Å². The van der Waals surface area contributed by atoms with E-state index in [0.29, 0.717) is 19.5 Å². The first-order valence-electron chi connectivity index (χ1n) is 6.21. The number of rotatable bonds is 6. The predicted molar refractivity (Wildman–Crippen MR) is 67.0 cm³/mol. The van der Waals surface area contributed by atoms with Crippen LogP contribution in [-0.4, -0.2) is 33.7 Å². The topological polar surface area (TPSA) is 75.3 Å². The molecule has 0 aliphatic heterocycles. The summed E-state index contributed by atoms with van der Waals surface area (Å²) in [5, 5.41) is 2.86. The molecule has 0 saturated heterocycles. The van der Waals surface area contributed by atoms with E-state index in [1.807, 2.05) is 0 Å². The molecule has 0 unspecified atom stereocenters. The average molecular weight is 262 g/mol. The van der Waals surface area contributed by atoms with Gasteiger partial charge in [0.25, 0.3) is 0 Å². The van der Waals surface area contributed by atoms with E-state index in [2.05, 4.69) is 10.0 Å². The summed E-state index contributed by atoms with van der Waals surface area (Å²) in [6.07, 6.45) is 7.28. The number of carbonyl (C=O) groups is 1. The molecule has 17 heavy (non-hydrogen) atoms. The Labute approximate surface area is 103 Å². The van der Waals surface area contributed by atoms with Crippen molar-refractivity contribution in [1.82, 2.24) is 10.0 Å². The smallest absolute Gasteiger partial charge is 0.223 e. The van der Waals surface area contributed by atoms with Gasteiger partial charge in [-0.1, -0.05) is 19.3 Å². The van der Waals surface area contributed by atoms with Crippen molar-refractivity contribution in [3.63, 3.8) is 0 Å². The molecule has 100 valence electrons. The Morgan fingerprint density at radius 3 is 2.41 bits per heavy atom. The molecular formula is C11H22N2O3S. The minimum absolute atomic E-state index is 0.129. The Morgan fingerprint density at radius 1 is 1.18 bits per heavy atom. The monoisotopic (exact) mass is 262 g/mol. The molecule has 1 saturated carbocycles. The first-order valence-corrected chi connectivity index (χ1v) is 8.10. The van der Waals surface area contributed by atoms with E-state index >= 15 is 0 Å². The van der Waals surface area contributed by atoms with Crippen molar-refractivity contribution in [2.75, 3.05) is 19.3 Å². The van der Waals surface area contributed by atoms with Crippen LogP contribution in [0.1, 0.15) is 38.5 Å². The number of carbonyl (C=O) groups excluding carboxylic acids is 1. The third kappa shape index (κ3) is 6.63. The maximum atomic E-state index is 11.7. The van der Waals surface area contributed by atoms with Gasteiger partial charge in [-0.15, -0.1) is 0 Å². The molecule has 0 bridgehead atoms. The number of amides is 1. The molecule has 1 rings (SSSR count). The Kier molecular flexibility index (Phi) is 5.91. The number of hydrogen-bond donors (Lipinski definition) is 2. The molecule has 6 heteroatoms. The molecule has 1 aliphatic carbocycles. The van der Waals surface area contributed by atoms with Gasteiger partial charge < -0.3 is 5.32 Å². The molecule has 0 spiro atoms. The molecule has 0 aromatic rings. The molecule has 0 heterocycles. The molecule has 2 N–H and O–H groups in total. The molecule has 1 amide bonds. The molecule has 5 nitrogen and oxygen atoms in total. The molecule has 0 radical (unpaired) electrons. The van der Waals surface area contributed by atoms with Crippen LogP contribution in [-0.2, 0) is 14.8 Å². The van der Waals surface area contributed by atoms with Crippen LogP contribution >= 0.6 is 0 Å². The van der Waals surface area contributed by atoms with Crippen LogP contribution in [0.3, 0.4) is 0 Å². The first kappa shape index (κ1) is 14.4. The number of sulfonamides is 1. The van der Waals surface area contributed by atoms with E-state index in [-0.39, 0.29) is 11.8 Å². The minimum atomic E-state index is -3.11. The zero-order chi connectivity index (χ0) is 12.7. The van der Waals surface area contributed by atoms with Gasteiger partial charge in [0, 0.05) is 19.0 Å². The van der Waals surface area contributed by atoms with Crippen LogP contribution in [0.15, 0.2) is 0 Å². The third-order valence-electron chi connectivity index (χ3n) is 2.99. The predicted octanol–water partition coefficient (Wildman–Crippen LogP) is 0.622. The molecule has 0 atom stereocenters. The first-order chi connectivity index (χ1) is 7.99. The van der Waals surface area contributed by atoms with Gasteiger partial charge in [0.05, 0.1) is 6.26 Å². The summed E-state index contributed by atoms with van der Waals surface area (Å²) in [5.41, 5.74) is 0. The van der Waals surface area contributed by atoms with Crippen LogP contribution < -0.4 is 10.0 Å². The Bertz CT molecular complexity index is 335. The second kappa shape index (κ2) is 6.96. The highest BCUT2D eigenvalue weighted by Crippen LogP contribution is 2.23. The van der Waals surface area contributed by atoms with Crippen LogP contribution in [0.25, 0.3) is 0 Å². The molecule has 0 aromatic carbocycles. The van der Waals surface area contributed by atoms with E-state index in [9.17, 15) is 13.2 Å². The highest BCUT2D eigenvalue weighted by atomic mass is 32.2. The summed E-state index contributed by atoms with van der Waals surface area (Å²) in [6.45, 7) is 0.918. The van der Waals surface area contributed by atoms with Crippen LogP contribution in [0.5, 0.6) is 0 Å². The van der Waals surface area contributed by atoms with Gasteiger partial charge in [-0.2, -0.15) is 0 Å². The van der Waals surface area contributed by atoms with Crippen LogP contribution in [0, 0.1) is 5.92 Å². The summed E-state index contributed by atoms with van der Waals surface area (Å²) in [6, 6.07) is 0. The lowest BCUT2D eigenvalue weighted by Gasteiger charge is -2.20. The molecule has 1 fully saturated rings. The SMILES string of the molecule is CS(=O)(=O)NCCCNC(=O)C1CCCCC1. The third-order valence-corrected chi connectivity index (χ3v) is 3.72. The normalized spacial score (nSPS) is 17.9. The lowest BCUT2D eigenvalue weighted by Crippen LogP contribution is -2.34. The van der Waals surface area contributed by atoms with E-state index in [0.717, 1.165) is 31.9 Å². The fourth-order valence-corrected chi connectivity index (χ4v) is 2.58. The Balaban J connectivity index is 2.07. The lowest BCUT2D eigenvalue weighted by atomic mass is 9.89. The molecule has 1 aliphatic rings. The van der Waals surface area contributed by atoms with E-state index < -0.39 is 10.0 Å². The highest BCUT2D eigenvalue weighted by molar-refractivity contribution is 7.88. The van der Waals surface area contributed by atoms with Crippen LogP contribution in [0.4, 0.5) is 0 Å². The van der Waals surface area contributed by atoms with Gasteiger partial charge in [-0.25, -0.2) is 13.1 Å². The fraction of sp³-hybridized carbons (Fsp3) is 0.909. The summed E-state index contributed by atoms with van der Waals surface area (Å²) >= 11 is 0. The average Bonchev–Trinajstić information content (AvgIpc) is 2.28. The summed E-state index contributed by atoms with van der Waals surface area (Å²) in [5.74, 6) is 0.302. The van der Waals surface area contributed by atoms with Gasteiger partial charge >= 0.3 is 0 Å². The molecule has 0 aromatic heterocycles. The van der Waals surface area contributed by atoms with Crippen molar-refractivity contribution in [3.05, 3.63) is 0 Å². The quantitative estimate of drug-likeness (QED) is 0.689. The minimum Gasteiger partial charge on any atom is -0.356 e. The summed E-state index contributed by atoms with van der Waals surface area (Å²) in [7, 11) is -3.11. The lowest BCUT2D eigenvalue weighted by molar-refractivity contribution is -0.125. The summed E-state index contributed by atoms with van der Waals surface area (Å²) in [4.78, 5) is 11.7. The van der Waals surface area contributed by atoms with Crippen molar-refractivity contribution in [2.45, 2.75) is 38.5 Å². The van der Waals surface area contributed by atoms with Crippen molar-refractivity contribution in [2.24, 2.45) is 5.92 Å². The van der Waals surface area contributed by atoms with E-state index in [1.54, 1.807) is 0 Å². The van der Waals surface area contributed by atoms with Crippen molar-refractivity contribution in [1.29, 1.82) is 0 Å². The van der Waals surface area contributed by atoms with Gasteiger partial charge in [-0.05, 0) is 19.3 Å². The number of nitrogens with one attached hydrogen (secondary N) is 2. The van der Waals surface area contributed by atoms with Gasteiger partial charge in [-0.3, -0.25) is 4.79 Å². The largest absolute Gasteiger partial charge is 0.356 e. The molecular weight excluding hydrogens is 240 g/mol. The zero-order valence-corrected chi connectivity index (χ0v) is 11.2. The van der Waals surface area contributed by atoms with Gasteiger partial charge in [0.15, 0.2) is 0 Å². The summed E-state index contributed by atoms with van der Waals surface area (Å²) < 4.78 is 24.0. The Hall–Kier alpha value is -0.620. The van der Waals surface area contributed by atoms with E-state index in [1.165, 1.54) is 6.42 Å². The van der Waals surface area contributed by atoms with Crippen molar-refractivity contribution in [3.8, 4) is 0 Å². The van der Waals surface area contributed by atoms with Gasteiger partial charge in [0.1, 0.15) is 0 Å². The maximum absolute atomic E-state index is 11.7. The second-order valence-corrected chi connectivity index (χ2v) is 6.48. The van der Waals surface area contributed by atoms with E-state index in [4.69, 9.17) is 0 Å². The highest BCUT2D eigenvalue weighted by Gasteiger charge is 2.20. The fourth-order valence-electron chi connectivity index (χ4n) is 2.07. The number of hydrogen-bond acceptors (Lipinski definition) is 3. The maximum Gasteiger partial charge on any atom is 0.223 e. The van der Waals surface area contributed by atoms with Crippen molar-refractivity contribution < 1.29 is 13.2 Å². The van der Waals surface area contributed by atoms with Crippen molar-refractivity contribution >= 4 is 15.9 Å². The second-order valence-electron chi connectivity index (χ2n) is 4.65. The van der Waals surface area contributed by atoms with Gasteiger partial charge in [0.2, 0.25) is 15.9 Å². The standard InChI is InChI=1S/C11H22N2O3S/c1-17(15,16)13-9-5-8-12-11(14)10-6-3-2-4-7-10/h10,13H,2-9H2,1H3,(H,12,14). The Morgan fingerprint density at radius 2 is 1.82 bits per heavy atom. The zero-order valence-electron chi connectivity index (χ0n) is 10.4.